The lowest BCUT2D eigenvalue weighted by Gasteiger charge is -2.39. The zero-order valence-electron chi connectivity index (χ0n) is 11.9. The van der Waals surface area contributed by atoms with E-state index in [0.29, 0.717) is 5.92 Å². The van der Waals surface area contributed by atoms with Crippen LogP contribution in [0.15, 0.2) is 28.7 Å². The molecular formula is C17H22O2. The molecule has 102 valence electrons. The van der Waals surface area contributed by atoms with Gasteiger partial charge in [-0.2, -0.15) is 0 Å². The predicted octanol–water partition coefficient (Wildman–Crippen LogP) is 4.38. The molecule has 3 unspecified atom stereocenters. The Balaban J connectivity index is 2.06. The van der Waals surface area contributed by atoms with Gasteiger partial charge in [-0.1, -0.05) is 32.0 Å². The first-order valence-electron chi connectivity index (χ1n) is 7.22. The number of rotatable bonds is 1. The van der Waals surface area contributed by atoms with Crippen LogP contribution in [0.3, 0.4) is 0 Å². The number of benzene rings is 1. The highest BCUT2D eigenvalue weighted by Gasteiger charge is 2.42. The zero-order chi connectivity index (χ0) is 13.6. The molecule has 0 amide bonds. The number of para-hydroxylation sites is 1. The molecule has 0 radical (unpaired) electrons. The molecular weight excluding hydrogens is 236 g/mol. The Hall–Kier alpha value is -1.28. The van der Waals surface area contributed by atoms with Crippen molar-refractivity contribution in [2.45, 2.75) is 45.6 Å². The monoisotopic (exact) mass is 258 g/mol. The van der Waals surface area contributed by atoms with Crippen LogP contribution in [0.5, 0.6) is 0 Å². The Kier molecular flexibility index (Phi) is 2.94. The van der Waals surface area contributed by atoms with Gasteiger partial charge in [-0.3, -0.25) is 0 Å². The van der Waals surface area contributed by atoms with E-state index in [2.05, 4.69) is 19.9 Å². The Morgan fingerprint density at radius 1 is 1.32 bits per heavy atom. The number of aliphatic hydroxyl groups is 1. The molecule has 1 fully saturated rings. The standard InChI is InChI=1S/C17H22O2/c1-11-7-8-17(18,13(3)9-11)15-10-14-6-4-5-12(2)16(14)19-15/h4-6,10-11,13,18H,7-9H2,1-3H3. The van der Waals surface area contributed by atoms with Gasteiger partial charge in [0, 0.05) is 5.39 Å². The molecule has 2 nitrogen and oxygen atoms in total. The highest BCUT2D eigenvalue weighted by Crippen LogP contribution is 2.45. The fraction of sp³-hybridized carbons (Fsp3) is 0.529. The maximum absolute atomic E-state index is 11.0. The van der Waals surface area contributed by atoms with Crippen molar-refractivity contribution in [3.63, 3.8) is 0 Å². The zero-order valence-corrected chi connectivity index (χ0v) is 11.9. The van der Waals surface area contributed by atoms with Gasteiger partial charge in [0.1, 0.15) is 16.9 Å². The van der Waals surface area contributed by atoms with Crippen LogP contribution in [-0.2, 0) is 5.60 Å². The second-order valence-corrected chi connectivity index (χ2v) is 6.31. The first kappa shape index (κ1) is 12.7. The van der Waals surface area contributed by atoms with Crippen LogP contribution in [0.1, 0.15) is 44.4 Å². The third-order valence-corrected chi connectivity index (χ3v) is 4.76. The molecule has 0 bridgehead atoms. The summed E-state index contributed by atoms with van der Waals surface area (Å²) in [5.74, 6) is 1.69. The van der Waals surface area contributed by atoms with Crippen LogP contribution >= 0.6 is 0 Å². The molecule has 19 heavy (non-hydrogen) atoms. The van der Waals surface area contributed by atoms with Crippen LogP contribution in [0.4, 0.5) is 0 Å². The molecule has 1 aliphatic rings. The smallest absolute Gasteiger partial charge is 0.137 e. The summed E-state index contributed by atoms with van der Waals surface area (Å²) in [4.78, 5) is 0. The molecule has 1 aliphatic carbocycles. The lowest BCUT2D eigenvalue weighted by atomic mass is 9.71. The van der Waals surface area contributed by atoms with Crippen LogP contribution in [-0.4, -0.2) is 5.11 Å². The van der Waals surface area contributed by atoms with Crippen molar-refractivity contribution in [1.29, 1.82) is 0 Å². The summed E-state index contributed by atoms with van der Waals surface area (Å²) in [5, 5.41) is 12.1. The van der Waals surface area contributed by atoms with E-state index in [1.54, 1.807) is 0 Å². The molecule has 3 rings (SSSR count). The number of aryl methyl sites for hydroxylation is 1. The van der Waals surface area contributed by atoms with E-state index >= 15 is 0 Å². The summed E-state index contributed by atoms with van der Waals surface area (Å²) in [7, 11) is 0. The summed E-state index contributed by atoms with van der Waals surface area (Å²) in [5.41, 5.74) is 1.25. The average Bonchev–Trinajstić information content (AvgIpc) is 2.80. The molecule has 1 aromatic heterocycles. The maximum atomic E-state index is 11.0. The van der Waals surface area contributed by atoms with Crippen LogP contribution in [0.2, 0.25) is 0 Å². The Bertz CT molecular complexity index is 598. The van der Waals surface area contributed by atoms with E-state index in [1.165, 1.54) is 0 Å². The number of hydrogen-bond acceptors (Lipinski definition) is 2. The normalized spacial score (nSPS) is 31.8. The van der Waals surface area contributed by atoms with Crippen molar-refractivity contribution in [3.8, 4) is 0 Å². The summed E-state index contributed by atoms with van der Waals surface area (Å²) in [6.07, 6.45) is 2.93. The Labute approximate surface area is 114 Å². The lowest BCUT2D eigenvalue weighted by molar-refractivity contribution is -0.0735. The van der Waals surface area contributed by atoms with Crippen LogP contribution < -0.4 is 0 Å². The number of fused-ring (bicyclic) bond motifs is 1. The SMILES string of the molecule is Cc1cccc2cc(C3(O)CCC(C)CC3C)oc12. The number of furan rings is 1. The van der Waals surface area contributed by atoms with Gasteiger partial charge in [0.25, 0.3) is 0 Å². The van der Waals surface area contributed by atoms with E-state index in [0.717, 1.165) is 41.6 Å². The van der Waals surface area contributed by atoms with Crippen molar-refractivity contribution in [3.05, 3.63) is 35.6 Å². The average molecular weight is 258 g/mol. The topological polar surface area (TPSA) is 33.4 Å². The van der Waals surface area contributed by atoms with Crippen LogP contribution in [0.25, 0.3) is 11.0 Å². The molecule has 0 spiro atoms. The van der Waals surface area contributed by atoms with Gasteiger partial charge in [0.15, 0.2) is 0 Å². The third kappa shape index (κ3) is 1.99. The van der Waals surface area contributed by atoms with Gasteiger partial charge in [-0.25, -0.2) is 0 Å². The predicted molar refractivity (Wildman–Crippen MR) is 77.0 cm³/mol. The minimum absolute atomic E-state index is 0.247. The first-order chi connectivity index (χ1) is 9.00. The summed E-state index contributed by atoms with van der Waals surface area (Å²) in [6, 6.07) is 8.16. The summed E-state index contributed by atoms with van der Waals surface area (Å²) in [6.45, 7) is 6.45. The third-order valence-electron chi connectivity index (χ3n) is 4.76. The van der Waals surface area contributed by atoms with E-state index in [-0.39, 0.29) is 5.92 Å². The van der Waals surface area contributed by atoms with Gasteiger partial charge < -0.3 is 9.52 Å². The van der Waals surface area contributed by atoms with Crippen molar-refractivity contribution in [1.82, 2.24) is 0 Å². The largest absolute Gasteiger partial charge is 0.458 e. The quantitative estimate of drug-likeness (QED) is 0.823. The molecule has 1 saturated carbocycles. The highest BCUT2D eigenvalue weighted by atomic mass is 16.4. The molecule has 0 saturated heterocycles. The first-order valence-corrected chi connectivity index (χ1v) is 7.22. The fourth-order valence-corrected chi connectivity index (χ4v) is 3.42. The molecule has 3 atom stereocenters. The maximum Gasteiger partial charge on any atom is 0.137 e. The second kappa shape index (κ2) is 4.38. The summed E-state index contributed by atoms with van der Waals surface area (Å²) < 4.78 is 6.00. The Morgan fingerprint density at radius 3 is 2.79 bits per heavy atom. The van der Waals surface area contributed by atoms with Gasteiger partial charge in [-0.05, 0) is 49.7 Å². The van der Waals surface area contributed by atoms with Gasteiger partial charge in [0.05, 0.1) is 0 Å². The van der Waals surface area contributed by atoms with Crippen LogP contribution in [0, 0.1) is 18.8 Å². The molecule has 2 heteroatoms. The second-order valence-electron chi connectivity index (χ2n) is 6.31. The van der Waals surface area contributed by atoms with E-state index in [4.69, 9.17) is 4.42 Å². The van der Waals surface area contributed by atoms with E-state index in [9.17, 15) is 5.11 Å². The summed E-state index contributed by atoms with van der Waals surface area (Å²) >= 11 is 0. The van der Waals surface area contributed by atoms with E-state index < -0.39 is 5.60 Å². The molecule has 1 heterocycles. The van der Waals surface area contributed by atoms with Gasteiger partial charge >= 0.3 is 0 Å². The van der Waals surface area contributed by atoms with Crippen molar-refractivity contribution in [2.24, 2.45) is 11.8 Å². The lowest BCUT2D eigenvalue weighted by Crippen LogP contribution is -2.38. The molecule has 1 aromatic carbocycles. The number of hydrogen-bond donors (Lipinski definition) is 1. The Morgan fingerprint density at radius 2 is 2.11 bits per heavy atom. The fourth-order valence-electron chi connectivity index (χ4n) is 3.42. The minimum atomic E-state index is -0.794. The van der Waals surface area contributed by atoms with Crippen molar-refractivity contribution < 1.29 is 9.52 Å². The molecule has 2 aromatic rings. The van der Waals surface area contributed by atoms with Crippen molar-refractivity contribution in [2.75, 3.05) is 0 Å². The molecule has 1 N–H and O–H groups in total. The van der Waals surface area contributed by atoms with Gasteiger partial charge in [-0.15, -0.1) is 0 Å². The van der Waals surface area contributed by atoms with Gasteiger partial charge in [0.2, 0.25) is 0 Å². The minimum Gasteiger partial charge on any atom is -0.458 e. The molecule has 0 aliphatic heterocycles. The highest BCUT2D eigenvalue weighted by molar-refractivity contribution is 5.81. The van der Waals surface area contributed by atoms with Crippen molar-refractivity contribution >= 4 is 11.0 Å². The van der Waals surface area contributed by atoms with E-state index in [1.807, 2.05) is 25.1 Å².